The van der Waals surface area contributed by atoms with E-state index in [1.54, 1.807) is 17.0 Å². The molecule has 2 aliphatic rings. The van der Waals surface area contributed by atoms with Crippen molar-refractivity contribution in [3.8, 4) is 5.75 Å². The fraction of sp³-hybridized carbons (Fsp3) is 0.703. The molecule has 0 radical (unpaired) electrons. The van der Waals surface area contributed by atoms with Gasteiger partial charge in [-0.1, -0.05) is 58.6 Å². The predicted molar refractivity (Wildman–Crippen MR) is 189 cm³/mol. The van der Waals surface area contributed by atoms with Crippen molar-refractivity contribution in [2.24, 2.45) is 11.7 Å². The molecular formula is C37H60N6O6. The number of nitrogens with zero attached hydrogens (tertiary/aromatic N) is 3. The number of carbonyl (C=O) groups is 5. The van der Waals surface area contributed by atoms with Crippen LogP contribution in [0.5, 0.6) is 5.75 Å². The number of benzene rings is 1. The lowest BCUT2D eigenvalue weighted by Crippen LogP contribution is -2.62. The molecule has 1 saturated carbocycles. The molecule has 3 atom stereocenters. The third kappa shape index (κ3) is 10.9. The van der Waals surface area contributed by atoms with Gasteiger partial charge in [0.2, 0.25) is 23.6 Å². The fourth-order valence-electron chi connectivity index (χ4n) is 7.14. The number of ether oxygens (including phenoxy) is 1. The second-order valence-corrected chi connectivity index (χ2v) is 14.0. The number of nitrogens with two attached hydrogens (primary N) is 1. The lowest BCUT2D eigenvalue weighted by atomic mass is 9.92. The second-order valence-electron chi connectivity index (χ2n) is 14.0. The first-order chi connectivity index (χ1) is 23.4. The van der Waals surface area contributed by atoms with E-state index in [1.165, 1.54) is 0 Å². The van der Waals surface area contributed by atoms with E-state index in [0.717, 1.165) is 44.1 Å². The summed E-state index contributed by atoms with van der Waals surface area (Å²) in [5, 5.41) is 5.80. The average Bonchev–Trinajstić information content (AvgIpc) is 3.62. The Bertz CT molecular complexity index is 1250. The van der Waals surface area contributed by atoms with Crippen LogP contribution in [0.2, 0.25) is 0 Å². The van der Waals surface area contributed by atoms with Crippen molar-refractivity contribution in [2.45, 2.75) is 128 Å². The van der Waals surface area contributed by atoms with Crippen molar-refractivity contribution in [1.29, 1.82) is 0 Å². The van der Waals surface area contributed by atoms with Gasteiger partial charge in [0.25, 0.3) is 0 Å². The maximum atomic E-state index is 14.7. The van der Waals surface area contributed by atoms with Gasteiger partial charge >= 0.3 is 6.09 Å². The molecule has 12 nitrogen and oxygen atoms in total. The monoisotopic (exact) mass is 684 g/mol. The van der Waals surface area contributed by atoms with Gasteiger partial charge < -0.3 is 35.8 Å². The van der Waals surface area contributed by atoms with Gasteiger partial charge in [0, 0.05) is 38.9 Å². The zero-order valence-electron chi connectivity index (χ0n) is 30.4. The molecule has 0 bridgehead atoms. The molecule has 1 saturated heterocycles. The van der Waals surface area contributed by atoms with E-state index in [-0.39, 0.29) is 29.5 Å². The summed E-state index contributed by atoms with van der Waals surface area (Å²) in [7, 11) is 3.85. The number of primary amides is 1. The summed E-state index contributed by atoms with van der Waals surface area (Å²) in [5.41, 5.74) is 5.24. The number of hydrogen-bond donors (Lipinski definition) is 3. The van der Waals surface area contributed by atoms with Crippen molar-refractivity contribution in [3.05, 3.63) is 29.8 Å². The molecule has 1 heterocycles. The summed E-state index contributed by atoms with van der Waals surface area (Å²) in [4.78, 5) is 71.9. The number of nitrogens with one attached hydrogen (secondary N) is 2. The largest absolute Gasteiger partial charge is 0.412 e. The SMILES string of the molecule is CCCCCC(=O)N1C(Cc2ccc(OC(=O)NCCN(C)C)cc2)C(=O)N(C(C(=O)NCCCCCC(N)=O)C(C)CC)C12CCCC2. The second kappa shape index (κ2) is 19.5. The van der Waals surface area contributed by atoms with Crippen molar-refractivity contribution >= 4 is 29.7 Å². The van der Waals surface area contributed by atoms with Crippen molar-refractivity contribution in [1.82, 2.24) is 25.3 Å². The van der Waals surface area contributed by atoms with Crippen LogP contribution < -0.4 is 21.1 Å². The van der Waals surface area contributed by atoms with Crippen LogP contribution in [0.4, 0.5) is 4.79 Å². The highest BCUT2D eigenvalue weighted by molar-refractivity contribution is 5.96. The molecule has 1 aromatic rings. The highest BCUT2D eigenvalue weighted by Crippen LogP contribution is 2.48. The molecule has 1 aliphatic heterocycles. The van der Waals surface area contributed by atoms with Crippen LogP contribution in [0.25, 0.3) is 0 Å². The van der Waals surface area contributed by atoms with Crippen LogP contribution in [-0.2, 0) is 25.6 Å². The molecule has 12 heteroatoms. The number of likely N-dealkylation sites (N-methyl/N-ethyl adjacent to an activating group) is 1. The van der Waals surface area contributed by atoms with Gasteiger partial charge in [-0.2, -0.15) is 0 Å². The molecule has 3 rings (SSSR count). The predicted octanol–water partition coefficient (Wildman–Crippen LogP) is 4.35. The van der Waals surface area contributed by atoms with Gasteiger partial charge in [0.1, 0.15) is 23.5 Å². The molecule has 3 unspecified atom stereocenters. The Labute approximate surface area is 292 Å². The van der Waals surface area contributed by atoms with E-state index in [1.807, 2.05) is 49.9 Å². The Balaban J connectivity index is 1.88. The van der Waals surface area contributed by atoms with Gasteiger partial charge in [0.05, 0.1) is 0 Å². The third-order valence-electron chi connectivity index (χ3n) is 9.92. The lowest BCUT2D eigenvalue weighted by Gasteiger charge is -2.46. The van der Waals surface area contributed by atoms with Crippen LogP contribution in [0.3, 0.4) is 0 Å². The molecule has 1 spiro atoms. The number of hydrogen-bond acceptors (Lipinski definition) is 7. The van der Waals surface area contributed by atoms with Crippen molar-refractivity contribution < 1.29 is 28.7 Å². The molecule has 4 N–H and O–H groups in total. The maximum Gasteiger partial charge on any atom is 0.412 e. The summed E-state index contributed by atoms with van der Waals surface area (Å²) in [6, 6.07) is 5.60. The van der Waals surface area contributed by atoms with E-state index >= 15 is 0 Å². The lowest BCUT2D eigenvalue weighted by molar-refractivity contribution is -0.151. The molecule has 1 aliphatic carbocycles. The van der Waals surface area contributed by atoms with Crippen molar-refractivity contribution in [3.63, 3.8) is 0 Å². The van der Waals surface area contributed by atoms with E-state index in [2.05, 4.69) is 17.6 Å². The highest BCUT2D eigenvalue weighted by atomic mass is 16.6. The number of carbonyl (C=O) groups excluding carboxylic acids is 5. The smallest absolute Gasteiger partial charge is 0.410 e. The zero-order valence-corrected chi connectivity index (χ0v) is 30.4. The molecular weight excluding hydrogens is 624 g/mol. The summed E-state index contributed by atoms with van der Waals surface area (Å²) < 4.78 is 5.44. The minimum absolute atomic E-state index is 0.0386. The fourth-order valence-corrected chi connectivity index (χ4v) is 7.14. The van der Waals surface area contributed by atoms with E-state index in [0.29, 0.717) is 76.8 Å². The van der Waals surface area contributed by atoms with Crippen LogP contribution in [0.15, 0.2) is 24.3 Å². The Morgan fingerprint density at radius 1 is 0.959 bits per heavy atom. The van der Waals surface area contributed by atoms with Gasteiger partial charge in [-0.15, -0.1) is 0 Å². The summed E-state index contributed by atoms with van der Waals surface area (Å²) >= 11 is 0. The van der Waals surface area contributed by atoms with Gasteiger partial charge in [-0.25, -0.2) is 4.79 Å². The first-order valence-corrected chi connectivity index (χ1v) is 18.4. The van der Waals surface area contributed by atoms with Crippen molar-refractivity contribution in [2.75, 3.05) is 33.7 Å². The topological polar surface area (TPSA) is 154 Å². The molecule has 49 heavy (non-hydrogen) atoms. The number of amides is 5. The summed E-state index contributed by atoms with van der Waals surface area (Å²) in [6.45, 7) is 7.71. The highest BCUT2D eigenvalue weighted by Gasteiger charge is 2.62. The minimum atomic E-state index is -0.855. The van der Waals surface area contributed by atoms with Gasteiger partial charge in [0.15, 0.2) is 0 Å². The Kier molecular flexibility index (Phi) is 15.8. The molecule has 1 aromatic carbocycles. The first-order valence-electron chi connectivity index (χ1n) is 18.4. The average molecular weight is 685 g/mol. The van der Waals surface area contributed by atoms with E-state index in [9.17, 15) is 24.0 Å². The first kappa shape index (κ1) is 39.8. The third-order valence-corrected chi connectivity index (χ3v) is 9.92. The van der Waals surface area contributed by atoms with Crippen LogP contribution >= 0.6 is 0 Å². The molecule has 2 fully saturated rings. The summed E-state index contributed by atoms with van der Waals surface area (Å²) in [5.74, 6) is -0.507. The zero-order chi connectivity index (χ0) is 36.0. The van der Waals surface area contributed by atoms with Crippen LogP contribution in [0, 0.1) is 5.92 Å². The Hall–Kier alpha value is -3.67. The summed E-state index contributed by atoms with van der Waals surface area (Å²) in [6.07, 6.45) is 8.91. The number of unbranched alkanes of at least 4 members (excludes halogenated alkanes) is 4. The maximum absolute atomic E-state index is 14.7. The van der Waals surface area contributed by atoms with Crippen LogP contribution in [-0.4, -0.2) is 95.9 Å². The molecule has 0 aromatic heterocycles. The quantitative estimate of drug-likeness (QED) is 0.173. The van der Waals surface area contributed by atoms with Gasteiger partial charge in [-0.05, 0) is 82.7 Å². The molecule has 5 amide bonds. The minimum Gasteiger partial charge on any atom is -0.410 e. The van der Waals surface area contributed by atoms with E-state index < -0.39 is 23.8 Å². The molecule has 274 valence electrons. The van der Waals surface area contributed by atoms with Crippen LogP contribution in [0.1, 0.15) is 110 Å². The standard InChI is InChI=1S/C37H60N6O6/c1-6-8-10-16-32(45)42-30(26-28-17-19-29(20-18-28)49-36(48)40-24-25-41(4)5)35(47)43(37(42)21-12-13-22-37)33(27(3)7-2)34(46)39-23-14-9-11-15-31(38)44/h17-20,27,30,33H,6-16,21-26H2,1-5H3,(H2,38,44)(H,39,46)(H,40,48). The van der Waals surface area contributed by atoms with E-state index in [4.69, 9.17) is 10.5 Å². The van der Waals surface area contributed by atoms with Gasteiger partial charge in [-0.3, -0.25) is 19.2 Å². The number of rotatable bonds is 20. The Morgan fingerprint density at radius 2 is 1.63 bits per heavy atom. The normalized spacial score (nSPS) is 18.2. The Morgan fingerprint density at radius 3 is 2.24 bits per heavy atom.